The fraction of sp³-hybridized carbons (Fsp3) is 0.400. The lowest BCUT2D eigenvalue weighted by Gasteiger charge is -2.18. The third kappa shape index (κ3) is 4.27. The highest BCUT2D eigenvalue weighted by Crippen LogP contribution is 2.25. The Balaban J connectivity index is 1.83. The van der Waals surface area contributed by atoms with Gasteiger partial charge in [-0.2, -0.15) is 0 Å². The van der Waals surface area contributed by atoms with Gasteiger partial charge in [0.25, 0.3) is 0 Å². The highest BCUT2D eigenvalue weighted by atomic mass is 79.9. The summed E-state index contributed by atoms with van der Waals surface area (Å²) in [5.74, 6) is 1.08. The first-order valence-electron chi connectivity index (χ1n) is 6.84. The average Bonchev–Trinajstić information content (AvgIpc) is 2.92. The van der Waals surface area contributed by atoms with Crippen molar-refractivity contribution >= 4 is 27.6 Å². The second kappa shape index (κ2) is 7.33. The third-order valence-corrected chi connectivity index (χ3v) is 3.95. The number of hydrogen-bond acceptors (Lipinski definition) is 2. The van der Waals surface area contributed by atoms with Gasteiger partial charge in [-0.3, -0.25) is 4.99 Å². The highest BCUT2D eigenvalue weighted by molar-refractivity contribution is 9.10. The van der Waals surface area contributed by atoms with E-state index in [1.54, 1.807) is 6.08 Å². The number of benzene rings is 1. The number of nitrogens with two attached hydrogens (primary N) is 1. The molecule has 0 aromatic heterocycles. The normalized spacial score (nSPS) is 19.1. The molecule has 3 N–H and O–H groups in total. The minimum Gasteiger partial charge on any atom is -0.371 e. The summed E-state index contributed by atoms with van der Waals surface area (Å²) in [6.07, 6.45) is 2.93. The fourth-order valence-electron chi connectivity index (χ4n) is 2.33. The van der Waals surface area contributed by atoms with Crippen molar-refractivity contribution in [1.82, 2.24) is 5.32 Å². The standard InChI is InChI=1S/C15H21BrN4/c1-2-8-18-15(17)19-10-12-7-9-20(11-12)14-5-3-13(16)4-6-14/h2-6,12H,1,7-11H2,(H3,17,18,19). The molecule has 1 aromatic rings. The predicted octanol–water partition coefficient (Wildman–Crippen LogP) is 2.37. The molecule has 4 nitrogen and oxygen atoms in total. The van der Waals surface area contributed by atoms with Crippen LogP contribution in [0, 0.1) is 5.92 Å². The van der Waals surface area contributed by atoms with Gasteiger partial charge >= 0.3 is 0 Å². The molecule has 1 saturated heterocycles. The topological polar surface area (TPSA) is 53.6 Å². The van der Waals surface area contributed by atoms with E-state index in [1.165, 1.54) is 5.69 Å². The summed E-state index contributed by atoms with van der Waals surface area (Å²) in [6, 6.07) is 8.46. The summed E-state index contributed by atoms with van der Waals surface area (Å²) >= 11 is 3.46. The van der Waals surface area contributed by atoms with Crippen LogP contribution in [0.3, 0.4) is 0 Å². The molecular weight excluding hydrogens is 316 g/mol. The first-order chi connectivity index (χ1) is 9.69. The van der Waals surface area contributed by atoms with Gasteiger partial charge in [-0.15, -0.1) is 6.58 Å². The highest BCUT2D eigenvalue weighted by Gasteiger charge is 2.22. The van der Waals surface area contributed by atoms with E-state index < -0.39 is 0 Å². The van der Waals surface area contributed by atoms with Crippen LogP contribution < -0.4 is 16.0 Å². The van der Waals surface area contributed by atoms with Gasteiger partial charge in [0.2, 0.25) is 0 Å². The largest absolute Gasteiger partial charge is 0.371 e. The van der Waals surface area contributed by atoms with Crippen LogP contribution in [0.1, 0.15) is 6.42 Å². The quantitative estimate of drug-likeness (QED) is 0.493. The summed E-state index contributed by atoms with van der Waals surface area (Å²) in [5, 5.41) is 3.00. The van der Waals surface area contributed by atoms with Crippen LogP contribution in [-0.2, 0) is 0 Å². The van der Waals surface area contributed by atoms with E-state index in [0.717, 1.165) is 30.5 Å². The first-order valence-corrected chi connectivity index (χ1v) is 7.63. The van der Waals surface area contributed by atoms with Crippen LogP contribution in [-0.4, -0.2) is 32.1 Å². The molecule has 0 spiro atoms. The van der Waals surface area contributed by atoms with Crippen LogP contribution in [0.15, 0.2) is 46.4 Å². The lowest BCUT2D eigenvalue weighted by atomic mass is 10.1. The number of aliphatic imine (C=N–C) groups is 1. The molecule has 20 heavy (non-hydrogen) atoms. The second-order valence-corrected chi connectivity index (χ2v) is 5.89. The van der Waals surface area contributed by atoms with E-state index in [2.05, 4.69) is 62.0 Å². The van der Waals surface area contributed by atoms with Crippen LogP contribution in [0.4, 0.5) is 5.69 Å². The van der Waals surface area contributed by atoms with Crippen LogP contribution in [0.25, 0.3) is 0 Å². The summed E-state index contributed by atoms with van der Waals surface area (Å²) in [7, 11) is 0. The van der Waals surface area contributed by atoms with Gasteiger partial charge < -0.3 is 16.0 Å². The molecule has 0 amide bonds. The lowest BCUT2D eigenvalue weighted by Crippen LogP contribution is -2.32. The van der Waals surface area contributed by atoms with Crippen molar-refractivity contribution < 1.29 is 0 Å². The number of rotatable bonds is 5. The van der Waals surface area contributed by atoms with Gasteiger partial charge in [0.05, 0.1) is 0 Å². The molecule has 1 aliphatic rings. The molecule has 0 radical (unpaired) electrons. The van der Waals surface area contributed by atoms with Crippen LogP contribution >= 0.6 is 15.9 Å². The Morgan fingerprint density at radius 3 is 2.95 bits per heavy atom. The Kier molecular flexibility index (Phi) is 5.47. The smallest absolute Gasteiger partial charge is 0.188 e. The molecule has 0 bridgehead atoms. The molecule has 0 aliphatic carbocycles. The van der Waals surface area contributed by atoms with Gasteiger partial charge in [0.1, 0.15) is 0 Å². The Labute approximate surface area is 128 Å². The van der Waals surface area contributed by atoms with Gasteiger partial charge in [-0.05, 0) is 36.6 Å². The van der Waals surface area contributed by atoms with E-state index in [4.69, 9.17) is 5.73 Å². The van der Waals surface area contributed by atoms with Crippen molar-refractivity contribution in [2.45, 2.75) is 6.42 Å². The Morgan fingerprint density at radius 1 is 1.50 bits per heavy atom. The minimum atomic E-state index is 0.506. The molecule has 1 aromatic carbocycles. The molecule has 1 unspecified atom stereocenters. The maximum Gasteiger partial charge on any atom is 0.188 e. The monoisotopic (exact) mass is 336 g/mol. The summed E-state index contributed by atoms with van der Waals surface area (Å²) in [4.78, 5) is 6.79. The van der Waals surface area contributed by atoms with Crippen molar-refractivity contribution in [2.24, 2.45) is 16.6 Å². The van der Waals surface area contributed by atoms with Gasteiger partial charge in [-0.1, -0.05) is 22.0 Å². The van der Waals surface area contributed by atoms with Gasteiger partial charge in [0.15, 0.2) is 5.96 Å². The van der Waals surface area contributed by atoms with E-state index in [-0.39, 0.29) is 0 Å². The maximum absolute atomic E-state index is 5.77. The van der Waals surface area contributed by atoms with E-state index in [1.807, 2.05) is 0 Å². The number of nitrogens with one attached hydrogen (secondary N) is 1. The Bertz CT molecular complexity index is 469. The maximum atomic E-state index is 5.77. The SMILES string of the molecule is C=CCNC(N)=NCC1CCN(c2ccc(Br)cc2)C1. The third-order valence-electron chi connectivity index (χ3n) is 3.42. The van der Waals surface area contributed by atoms with Crippen molar-refractivity contribution in [3.8, 4) is 0 Å². The molecule has 108 valence electrons. The van der Waals surface area contributed by atoms with Crippen LogP contribution in [0.5, 0.6) is 0 Å². The molecule has 1 fully saturated rings. The molecule has 2 rings (SSSR count). The van der Waals surface area contributed by atoms with Crippen molar-refractivity contribution in [3.63, 3.8) is 0 Å². The predicted molar refractivity (Wildman–Crippen MR) is 89.2 cm³/mol. The molecule has 1 aliphatic heterocycles. The zero-order chi connectivity index (χ0) is 14.4. The Morgan fingerprint density at radius 2 is 2.25 bits per heavy atom. The molecule has 1 atom stereocenters. The van der Waals surface area contributed by atoms with Gasteiger partial charge in [-0.25, -0.2) is 0 Å². The van der Waals surface area contributed by atoms with E-state index in [0.29, 0.717) is 18.4 Å². The first kappa shape index (κ1) is 14.9. The van der Waals surface area contributed by atoms with Crippen molar-refractivity contribution in [3.05, 3.63) is 41.4 Å². The second-order valence-electron chi connectivity index (χ2n) is 4.97. The molecule has 1 heterocycles. The number of guanidine groups is 1. The number of halogens is 1. The Hall–Kier alpha value is -1.49. The fourth-order valence-corrected chi connectivity index (χ4v) is 2.59. The zero-order valence-electron chi connectivity index (χ0n) is 11.6. The zero-order valence-corrected chi connectivity index (χ0v) is 13.1. The summed E-state index contributed by atoms with van der Waals surface area (Å²) < 4.78 is 1.11. The summed E-state index contributed by atoms with van der Waals surface area (Å²) in [5.41, 5.74) is 7.05. The number of hydrogen-bond donors (Lipinski definition) is 2. The summed E-state index contributed by atoms with van der Waals surface area (Å²) in [6.45, 7) is 7.20. The number of nitrogens with zero attached hydrogens (tertiary/aromatic N) is 2. The van der Waals surface area contributed by atoms with Crippen LogP contribution in [0.2, 0.25) is 0 Å². The van der Waals surface area contributed by atoms with E-state index in [9.17, 15) is 0 Å². The van der Waals surface area contributed by atoms with E-state index >= 15 is 0 Å². The molecule has 0 saturated carbocycles. The minimum absolute atomic E-state index is 0.506. The van der Waals surface area contributed by atoms with Crippen molar-refractivity contribution in [2.75, 3.05) is 31.1 Å². The molecular formula is C15H21BrN4. The average molecular weight is 337 g/mol. The lowest BCUT2D eigenvalue weighted by molar-refractivity contribution is 0.602. The van der Waals surface area contributed by atoms with Gasteiger partial charge in [0, 0.05) is 36.3 Å². The number of anilines is 1. The van der Waals surface area contributed by atoms with Crippen molar-refractivity contribution in [1.29, 1.82) is 0 Å². The molecule has 5 heteroatoms.